The normalized spacial score (nSPS) is 19.9. The molecule has 1 atom stereocenters. The molecule has 0 aromatic carbocycles. The maximum absolute atomic E-state index is 8.82. The van der Waals surface area contributed by atoms with Gasteiger partial charge in [-0.15, -0.1) is 0 Å². The predicted molar refractivity (Wildman–Crippen MR) is 63.5 cm³/mol. The molecule has 0 fully saturated rings. The van der Waals surface area contributed by atoms with Gasteiger partial charge in [0.15, 0.2) is 5.76 Å². The third-order valence-electron chi connectivity index (χ3n) is 2.27. The lowest BCUT2D eigenvalue weighted by molar-refractivity contribution is 0.00134. The summed E-state index contributed by atoms with van der Waals surface area (Å²) in [6, 6.07) is 0. The molecule has 1 N–H and O–H groups in total. The summed E-state index contributed by atoms with van der Waals surface area (Å²) in [5, 5.41) is 8.82. The molecule has 0 bridgehead atoms. The van der Waals surface area contributed by atoms with Crippen LogP contribution in [-0.2, 0) is 9.47 Å². The Hall–Kier alpha value is -1.22. The van der Waals surface area contributed by atoms with Crippen molar-refractivity contribution in [3.8, 4) is 0 Å². The quantitative estimate of drug-likeness (QED) is 0.730. The first-order chi connectivity index (χ1) is 7.61. The topological polar surface area (TPSA) is 38.7 Å². The zero-order valence-corrected chi connectivity index (χ0v) is 10.2. The van der Waals surface area contributed by atoms with Crippen molar-refractivity contribution in [2.75, 3.05) is 6.61 Å². The van der Waals surface area contributed by atoms with E-state index in [9.17, 15) is 0 Å². The number of aliphatic hydroxyl groups is 1. The third kappa shape index (κ3) is 4.53. The summed E-state index contributed by atoms with van der Waals surface area (Å²) in [7, 11) is 0. The number of aliphatic hydroxyl groups excluding tert-OH is 1. The van der Waals surface area contributed by atoms with Crippen LogP contribution in [0.4, 0.5) is 0 Å². The van der Waals surface area contributed by atoms with Crippen molar-refractivity contribution in [3.63, 3.8) is 0 Å². The Bertz CT molecular complexity index is 309. The van der Waals surface area contributed by atoms with Crippen molar-refractivity contribution in [2.24, 2.45) is 0 Å². The van der Waals surface area contributed by atoms with Gasteiger partial charge in [-0.25, -0.2) is 0 Å². The molecule has 1 heterocycles. The molecule has 3 nitrogen and oxygen atoms in total. The lowest BCUT2D eigenvalue weighted by atomic mass is 10.1. The van der Waals surface area contributed by atoms with Crippen LogP contribution < -0.4 is 0 Å². The minimum absolute atomic E-state index is 0.110. The molecule has 0 amide bonds. The second-order valence-electron chi connectivity index (χ2n) is 4.20. The maximum Gasteiger partial charge on any atom is 0.260 e. The highest BCUT2D eigenvalue weighted by Gasteiger charge is 2.15. The van der Waals surface area contributed by atoms with Gasteiger partial charge in [0.2, 0.25) is 0 Å². The molecule has 16 heavy (non-hydrogen) atoms. The van der Waals surface area contributed by atoms with E-state index in [4.69, 9.17) is 14.6 Å². The Labute approximate surface area is 97.1 Å². The highest BCUT2D eigenvalue weighted by atomic mass is 16.7. The Kier molecular flexibility index (Phi) is 5.12. The molecule has 0 radical (unpaired) electrons. The molecule has 1 rings (SSSR count). The van der Waals surface area contributed by atoms with Crippen LogP contribution in [0.15, 0.2) is 35.3 Å². The SMILES string of the molecule is CC(C)=CCC/C(C)=C/C1OC=C(CO)O1. The van der Waals surface area contributed by atoms with E-state index in [2.05, 4.69) is 26.8 Å². The van der Waals surface area contributed by atoms with Crippen LogP contribution in [0, 0.1) is 0 Å². The molecule has 1 aliphatic rings. The lowest BCUT2D eigenvalue weighted by Gasteiger charge is -2.08. The number of ether oxygens (including phenoxy) is 2. The molecule has 0 saturated carbocycles. The summed E-state index contributed by atoms with van der Waals surface area (Å²) in [4.78, 5) is 0. The summed E-state index contributed by atoms with van der Waals surface area (Å²) in [6.07, 6.45) is 7.29. The average molecular weight is 224 g/mol. The van der Waals surface area contributed by atoms with Crippen LogP contribution in [0.25, 0.3) is 0 Å². The van der Waals surface area contributed by atoms with Crippen molar-refractivity contribution in [3.05, 3.63) is 35.3 Å². The second kappa shape index (κ2) is 6.38. The summed E-state index contributed by atoms with van der Waals surface area (Å²) in [6.45, 7) is 6.14. The second-order valence-corrected chi connectivity index (χ2v) is 4.20. The molecule has 0 aromatic heterocycles. The van der Waals surface area contributed by atoms with Gasteiger partial charge in [0.25, 0.3) is 6.29 Å². The van der Waals surface area contributed by atoms with Crippen LogP contribution in [0.1, 0.15) is 33.6 Å². The van der Waals surface area contributed by atoms with Gasteiger partial charge in [0.1, 0.15) is 12.9 Å². The molecule has 1 unspecified atom stereocenters. The Morgan fingerprint density at radius 3 is 2.75 bits per heavy atom. The van der Waals surface area contributed by atoms with Crippen LogP contribution >= 0.6 is 0 Å². The van der Waals surface area contributed by atoms with Crippen LogP contribution in [0.3, 0.4) is 0 Å². The zero-order chi connectivity index (χ0) is 12.0. The van der Waals surface area contributed by atoms with Crippen molar-refractivity contribution in [2.45, 2.75) is 39.9 Å². The molecule has 0 spiro atoms. The standard InChI is InChI=1S/C13H20O3/c1-10(2)5-4-6-11(3)7-13-15-9-12(8-14)16-13/h5,7,9,13-14H,4,6,8H2,1-3H3/b11-7+. The van der Waals surface area contributed by atoms with Crippen LogP contribution in [0.2, 0.25) is 0 Å². The molecular formula is C13H20O3. The number of hydrogen-bond acceptors (Lipinski definition) is 3. The maximum atomic E-state index is 8.82. The molecule has 1 aliphatic heterocycles. The van der Waals surface area contributed by atoms with E-state index in [1.54, 1.807) is 0 Å². The molecule has 0 aliphatic carbocycles. The van der Waals surface area contributed by atoms with Crippen molar-refractivity contribution in [1.29, 1.82) is 0 Å². The first kappa shape index (κ1) is 12.8. The van der Waals surface area contributed by atoms with Crippen molar-refractivity contribution < 1.29 is 14.6 Å². The average Bonchev–Trinajstić information content (AvgIpc) is 2.65. The van der Waals surface area contributed by atoms with Gasteiger partial charge in [-0.1, -0.05) is 17.2 Å². The highest BCUT2D eigenvalue weighted by molar-refractivity contribution is 5.06. The first-order valence-electron chi connectivity index (χ1n) is 5.54. The Balaban J connectivity index is 2.32. The van der Waals surface area contributed by atoms with Gasteiger partial charge in [0, 0.05) is 0 Å². The molecule has 90 valence electrons. The summed E-state index contributed by atoms with van der Waals surface area (Å²) < 4.78 is 10.5. The first-order valence-corrected chi connectivity index (χ1v) is 5.54. The van der Waals surface area contributed by atoms with Crippen LogP contribution in [-0.4, -0.2) is 18.0 Å². The van der Waals surface area contributed by atoms with E-state index < -0.39 is 0 Å². The number of allylic oxidation sites excluding steroid dienone is 3. The van der Waals surface area contributed by atoms with Crippen molar-refractivity contribution in [1.82, 2.24) is 0 Å². The number of rotatable bonds is 5. The number of hydrogen-bond donors (Lipinski definition) is 1. The van der Waals surface area contributed by atoms with E-state index in [0.717, 1.165) is 12.8 Å². The van der Waals surface area contributed by atoms with Gasteiger partial charge in [-0.2, -0.15) is 0 Å². The monoisotopic (exact) mass is 224 g/mol. The van der Waals surface area contributed by atoms with Gasteiger partial charge < -0.3 is 14.6 Å². The zero-order valence-electron chi connectivity index (χ0n) is 10.2. The lowest BCUT2D eigenvalue weighted by Crippen LogP contribution is -2.06. The fourth-order valence-electron chi connectivity index (χ4n) is 1.40. The fourth-order valence-corrected chi connectivity index (χ4v) is 1.40. The largest absolute Gasteiger partial charge is 0.455 e. The van der Waals surface area contributed by atoms with E-state index in [0.29, 0.717) is 5.76 Å². The van der Waals surface area contributed by atoms with Crippen LogP contribution in [0.5, 0.6) is 0 Å². The van der Waals surface area contributed by atoms with Gasteiger partial charge in [0.05, 0.1) is 0 Å². The van der Waals surface area contributed by atoms with Crippen molar-refractivity contribution >= 4 is 0 Å². The molecular weight excluding hydrogens is 204 g/mol. The summed E-state index contributed by atoms with van der Waals surface area (Å²) in [5.74, 6) is 0.485. The van der Waals surface area contributed by atoms with E-state index in [-0.39, 0.29) is 12.9 Å². The van der Waals surface area contributed by atoms with E-state index in [1.165, 1.54) is 17.4 Å². The summed E-state index contributed by atoms with van der Waals surface area (Å²) in [5.41, 5.74) is 2.57. The highest BCUT2D eigenvalue weighted by Crippen LogP contribution is 2.17. The minimum atomic E-state index is -0.367. The fraction of sp³-hybridized carbons (Fsp3) is 0.538. The van der Waals surface area contributed by atoms with E-state index >= 15 is 0 Å². The third-order valence-corrected chi connectivity index (χ3v) is 2.27. The van der Waals surface area contributed by atoms with Gasteiger partial charge in [-0.05, 0) is 39.7 Å². The Morgan fingerprint density at radius 2 is 2.19 bits per heavy atom. The van der Waals surface area contributed by atoms with Gasteiger partial charge in [-0.3, -0.25) is 0 Å². The predicted octanol–water partition coefficient (Wildman–Crippen LogP) is 2.89. The molecule has 0 aromatic rings. The van der Waals surface area contributed by atoms with E-state index in [1.807, 2.05) is 6.08 Å². The molecule has 0 saturated heterocycles. The Morgan fingerprint density at radius 1 is 1.44 bits per heavy atom. The van der Waals surface area contributed by atoms with Gasteiger partial charge >= 0.3 is 0 Å². The molecule has 3 heteroatoms. The summed E-state index contributed by atoms with van der Waals surface area (Å²) >= 11 is 0. The minimum Gasteiger partial charge on any atom is -0.455 e. The smallest absolute Gasteiger partial charge is 0.260 e.